The number of ether oxygens (including phenoxy) is 1. The molecule has 0 spiro atoms. The molecule has 0 N–H and O–H groups in total. The van der Waals surface area contributed by atoms with Crippen LogP contribution in [0.3, 0.4) is 0 Å². The van der Waals surface area contributed by atoms with Crippen molar-refractivity contribution in [2.75, 3.05) is 6.61 Å². The maximum Gasteiger partial charge on any atom is 0.144 e. The molecule has 0 atom stereocenters. The molecule has 0 saturated carbocycles. The number of para-hydroxylation sites is 2. The maximum atomic E-state index is 5.54. The summed E-state index contributed by atoms with van der Waals surface area (Å²) in [5.41, 5.74) is 1.98. The van der Waals surface area contributed by atoms with Crippen LogP contribution < -0.4 is 4.74 Å². The van der Waals surface area contributed by atoms with Crippen LogP contribution in [-0.4, -0.2) is 12.8 Å². The zero-order valence-electron chi connectivity index (χ0n) is 10.1. The van der Waals surface area contributed by atoms with Gasteiger partial charge in [0.05, 0.1) is 6.61 Å². The third-order valence-corrected chi connectivity index (χ3v) is 3.40. The van der Waals surface area contributed by atoms with Crippen molar-refractivity contribution < 1.29 is 4.74 Å². The minimum Gasteiger partial charge on any atom is -0.492 e. The van der Waals surface area contributed by atoms with Crippen LogP contribution in [0.25, 0.3) is 0 Å². The monoisotopic (exact) mass is 351 g/mol. The predicted molar refractivity (Wildman–Crippen MR) is 84.0 cm³/mol. The molecule has 3 heteroatoms. The Morgan fingerprint density at radius 3 is 2.61 bits per heavy atom. The fraction of sp³-hybridized carbons (Fsp3) is 0.133. The first-order chi connectivity index (χ1) is 8.81. The second-order valence-corrected chi connectivity index (χ2v) is 4.84. The van der Waals surface area contributed by atoms with Gasteiger partial charge in [0, 0.05) is 15.3 Å². The molecule has 92 valence electrons. The molecule has 0 bridgehead atoms. The first kappa shape index (κ1) is 13.1. The Morgan fingerprint density at radius 1 is 1.11 bits per heavy atom. The number of aliphatic imine (C=N–C) groups is 1. The summed E-state index contributed by atoms with van der Waals surface area (Å²) in [6, 6.07) is 16.0. The summed E-state index contributed by atoms with van der Waals surface area (Å²) in [4.78, 5) is 4.50. The largest absolute Gasteiger partial charge is 0.492 e. The molecular formula is C15H14INO. The van der Waals surface area contributed by atoms with E-state index in [1.807, 2.05) is 49.5 Å². The Hall–Kier alpha value is -1.36. The molecule has 0 amide bonds. The molecule has 2 aromatic carbocycles. The second kappa shape index (κ2) is 6.54. The second-order valence-electron chi connectivity index (χ2n) is 3.68. The summed E-state index contributed by atoms with van der Waals surface area (Å²) in [6.07, 6.45) is 1.87. The van der Waals surface area contributed by atoms with E-state index >= 15 is 0 Å². The topological polar surface area (TPSA) is 21.6 Å². The van der Waals surface area contributed by atoms with Gasteiger partial charge in [-0.15, -0.1) is 0 Å². The third kappa shape index (κ3) is 3.32. The Bertz CT molecular complexity index is 552. The average molecular weight is 351 g/mol. The predicted octanol–water partition coefficient (Wildman–Crippen LogP) is 4.44. The molecule has 0 aromatic heterocycles. The summed E-state index contributed by atoms with van der Waals surface area (Å²) >= 11 is 2.31. The third-order valence-electron chi connectivity index (χ3n) is 2.41. The Labute approximate surface area is 121 Å². The molecular weight excluding hydrogens is 337 g/mol. The van der Waals surface area contributed by atoms with Gasteiger partial charge in [0.25, 0.3) is 0 Å². The van der Waals surface area contributed by atoms with Crippen molar-refractivity contribution in [3.05, 3.63) is 57.7 Å². The van der Waals surface area contributed by atoms with Gasteiger partial charge in [-0.3, -0.25) is 4.99 Å². The molecule has 0 aliphatic heterocycles. The standard InChI is InChI=1S/C15H14INO/c1-2-18-15-10-6-5-9-14(15)17-11-12-7-3-4-8-13(12)16/h3-11H,2H2,1H3. The fourth-order valence-electron chi connectivity index (χ4n) is 1.56. The number of halogens is 1. The lowest BCUT2D eigenvalue weighted by molar-refractivity contribution is 0.341. The van der Waals surface area contributed by atoms with E-state index in [4.69, 9.17) is 4.74 Å². The van der Waals surface area contributed by atoms with Crippen molar-refractivity contribution in [3.8, 4) is 5.75 Å². The number of hydrogen-bond donors (Lipinski definition) is 0. The van der Waals surface area contributed by atoms with Crippen LogP contribution in [0.4, 0.5) is 5.69 Å². The molecule has 0 unspecified atom stereocenters. The molecule has 0 radical (unpaired) electrons. The van der Waals surface area contributed by atoms with Gasteiger partial charge in [-0.05, 0) is 47.7 Å². The minimum absolute atomic E-state index is 0.648. The zero-order chi connectivity index (χ0) is 12.8. The van der Waals surface area contributed by atoms with Crippen LogP contribution in [0, 0.1) is 3.57 Å². The van der Waals surface area contributed by atoms with Crippen molar-refractivity contribution in [3.63, 3.8) is 0 Å². The normalized spacial score (nSPS) is 10.8. The molecule has 0 fully saturated rings. The van der Waals surface area contributed by atoms with Crippen molar-refractivity contribution in [2.24, 2.45) is 4.99 Å². The van der Waals surface area contributed by atoms with E-state index < -0.39 is 0 Å². The SMILES string of the molecule is CCOc1ccccc1N=Cc1ccccc1I. The summed E-state index contributed by atoms with van der Waals surface area (Å²) in [5.74, 6) is 0.821. The molecule has 0 aliphatic rings. The summed E-state index contributed by atoms with van der Waals surface area (Å²) in [7, 11) is 0. The van der Waals surface area contributed by atoms with Crippen molar-refractivity contribution in [2.45, 2.75) is 6.92 Å². The highest BCUT2D eigenvalue weighted by atomic mass is 127. The Kier molecular flexibility index (Phi) is 4.75. The quantitative estimate of drug-likeness (QED) is 0.590. The van der Waals surface area contributed by atoms with E-state index in [2.05, 4.69) is 39.7 Å². The van der Waals surface area contributed by atoms with Gasteiger partial charge in [0.1, 0.15) is 11.4 Å². The molecule has 2 aromatic rings. The van der Waals surface area contributed by atoms with Crippen molar-refractivity contribution in [1.82, 2.24) is 0 Å². The summed E-state index contributed by atoms with van der Waals surface area (Å²) in [5, 5.41) is 0. The number of hydrogen-bond acceptors (Lipinski definition) is 2. The Balaban J connectivity index is 2.26. The molecule has 0 heterocycles. The minimum atomic E-state index is 0.648. The lowest BCUT2D eigenvalue weighted by Crippen LogP contribution is -1.91. The van der Waals surface area contributed by atoms with Crippen LogP contribution >= 0.6 is 22.6 Å². The van der Waals surface area contributed by atoms with E-state index in [-0.39, 0.29) is 0 Å². The van der Waals surface area contributed by atoms with E-state index in [9.17, 15) is 0 Å². The van der Waals surface area contributed by atoms with Crippen LogP contribution in [0.15, 0.2) is 53.5 Å². The fourth-order valence-corrected chi connectivity index (χ4v) is 2.09. The smallest absolute Gasteiger partial charge is 0.144 e. The van der Waals surface area contributed by atoms with Gasteiger partial charge in [-0.25, -0.2) is 0 Å². The van der Waals surface area contributed by atoms with Crippen molar-refractivity contribution in [1.29, 1.82) is 0 Å². The van der Waals surface area contributed by atoms with Gasteiger partial charge < -0.3 is 4.74 Å². The maximum absolute atomic E-state index is 5.54. The molecule has 0 aliphatic carbocycles. The lowest BCUT2D eigenvalue weighted by atomic mass is 10.2. The zero-order valence-corrected chi connectivity index (χ0v) is 12.3. The number of benzene rings is 2. The Morgan fingerprint density at radius 2 is 1.83 bits per heavy atom. The molecule has 18 heavy (non-hydrogen) atoms. The molecule has 2 nitrogen and oxygen atoms in total. The summed E-state index contributed by atoms with van der Waals surface area (Å²) < 4.78 is 6.73. The van der Waals surface area contributed by atoms with Gasteiger partial charge in [-0.1, -0.05) is 30.3 Å². The first-order valence-corrected chi connectivity index (χ1v) is 6.89. The highest BCUT2D eigenvalue weighted by molar-refractivity contribution is 14.1. The van der Waals surface area contributed by atoms with Crippen molar-refractivity contribution >= 4 is 34.5 Å². The van der Waals surface area contributed by atoms with E-state index in [1.165, 1.54) is 3.57 Å². The van der Waals surface area contributed by atoms with Gasteiger partial charge in [0.15, 0.2) is 0 Å². The van der Waals surface area contributed by atoms with E-state index in [0.29, 0.717) is 6.61 Å². The van der Waals surface area contributed by atoms with Crippen LogP contribution in [-0.2, 0) is 0 Å². The van der Waals surface area contributed by atoms with Crippen LogP contribution in [0.2, 0.25) is 0 Å². The van der Waals surface area contributed by atoms with Gasteiger partial charge in [-0.2, -0.15) is 0 Å². The van der Waals surface area contributed by atoms with Crippen LogP contribution in [0.5, 0.6) is 5.75 Å². The van der Waals surface area contributed by atoms with Gasteiger partial charge in [0.2, 0.25) is 0 Å². The first-order valence-electron chi connectivity index (χ1n) is 5.81. The summed E-state index contributed by atoms with van der Waals surface area (Å²) in [6.45, 7) is 2.62. The number of rotatable bonds is 4. The van der Waals surface area contributed by atoms with E-state index in [0.717, 1.165) is 17.0 Å². The molecule has 0 saturated heterocycles. The lowest BCUT2D eigenvalue weighted by Gasteiger charge is -2.05. The highest BCUT2D eigenvalue weighted by Gasteiger charge is 2.00. The van der Waals surface area contributed by atoms with E-state index in [1.54, 1.807) is 0 Å². The molecule has 2 rings (SSSR count). The van der Waals surface area contributed by atoms with Gasteiger partial charge >= 0.3 is 0 Å². The van der Waals surface area contributed by atoms with Crippen LogP contribution in [0.1, 0.15) is 12.5 Å². The highest BCUT2D eigenvalue weighted by Crippen LogP contribution is 2.26. The average Bonchev–Trinajstić information content (AvgIpc) is 2.40. The number of nitrogens with zero attached hydrogens (tertiary/aromatic N) is 1.